The topological polar surface area (TPSA) is 30.7 Å². The van der Waals surface area contributed by atoms with Gasteiger partial charge in [0.25, 0.3) is 0 Å². The Morgan fingerprint density at radius 3 is 2.71 bits per heavy atom. The Labute approximate surface area is 87.3 Å². The smallest absolute Gasteiger partial charge is 0.0843 e. The van der Waals surface area contributed by atoms with E-state index in [1.54, 1.807) is 4.68 Å². The molecule has 0 fully saturated rings. The summed E-state index contributed by atoms with van der Waals surface area (Å²) in [6.45, 7) is 0. The molecule has 14 heavy (non-hydrogen) atoms. The molecule has 2 rings (SSSR count). The molecule has 2 aromatic rings. The van der Waals surface area contributed by atoms with Crippen LogP contribution in [0, 0.1) is 0 Å². The van der Waals surface area contributed by atoms with Gasteiger partial charge >= 0.3 is 0 Å². The Kier molecular flexibility index (Phi) is 2.79. The van der Waals surface area contributed by atoms with Crippen molar-refractivity contribution >= 4 is 11.6 Å². The van der Waals surface area contributed by atoms with E-state index in [1.807, 2.05) is 36.5 Å². The zero-order valence-electron chi connectivity index (χ0n) is 7.60. The van der Waals surface area contributed by atoms with Crippen molar-refractivity contribution in [2.24, 2.45) is 0 Å². The first-order valence-electron chi connectivity index (χ1n) is 4.43. The summed E-state index contributed by atoms with van der Waals surface area (Å²) in [6, 6.07) is 9.88. The van der Waals surface area contributed by atoms with E-state index in [2.05, 4.69) is 10.3 Å². The summed E-state index contributed by atoms with van der Waals surface area (Å²) in [5.74, 6) is 0.577. The van der Waals surface area contributed by atoms with Gasteiger partial charge in [-0.15, -0.1) is 16.7 Å². The van der Waals surface area contributed by atoms with Gasteiger partial charge in [0.1, 0.15) is 0 Å². The normalized spacial score (nSPS) is 10.4. The summed E-state index contributed by atoms with van der Waals surface area (Å²) < 4.78 is 1.75. The number of para-hydroxylation sites is 1. The molecule has 0 aliphatic heterocycles. The zero-order valence-corrected chi connectivity index (χ0v) is 8.35. The third-order valence-electron chi connectivity index (χ3n) is 1.91. The Morgan fingerprint density at radius 1 is 1.21 bits per heavy atom. The molecule has 0 amide bonds. The van der Waals surface area contributed by atoms with E-state index in [9.17, 15) is 0 Å². The van der Waals surface area contributed by atoms with Gasteiger partial charge in [-0.3, -0.25) is 0 Å². The zero-order chi connectivity index (χ0) is 9.80. The van der Waals surface area contributed by atoms with Crippen molar-refractivity contribution in [2.45, 2.75) is 6.42 Å². The number of rotatable bonds is 3. The van der Waals surface area contributed by atoms with Crippen molar-refractivity contribution in [1.29, 1.82) is 0 Å². The molecule has 0 bridgehead atoms. The van der Waals surface area contributed by atoms with Crippen LogP contribution in [-0.2, 0) is 6.42 Å². The molecule has 1 aromatic heterocycles. The average molecular weight is 208 g/mol. The molecular weight excluding hydrogens is 198 g/mol. The first-order chi connectivity index (χ1) is 6.90. The second kappa shape index (κ2) is 4.24. The Morgan fingerprint density at radius 2 is 2.00 bits per heavy atom. The van der Waals surface area contributed by atoms with Gasteiger partial charge in [-0.05, 0) is 12.1 Å². The second-order valence-corrected chi connectivity index (χ2v) is 3.31. The number of hydrogen-bond acceptors (Lipinski definition) is 2. The molecule has 0 atom stereocenters. The van der Waals surface area contributed by atoms with E-state index >= 15 is 0 Å². The van der Waals surface area contributed by atoms with Gasteiger partial charge in [0.2, 0.25) is 0 Å². The van der Waals surface area contributed by atoms with Crippen LogP contribution in [0.3, 0.4) is 0 Å². The van der Waals surface area contributed by atoms with Crippen LogP contribution in [-0.4, -0.2) is 20.9 Å². The lowest BCUT2D eigenvalue weighted by Crippen LogP contribution is -1.93. The SMILES string of the molecule is ClCCc1cn(-c2ccccc2)nn1. The number of benzene rings is 1. The van der Waals surface area contributed by atoms with Gasteiger partial charge in [0, 0.05) is 12.3 Å². The third kappa shape index (κ3) is 1.93. The fourth-order valence-corrected chi connectivity index (χ4v) is 1.41. The minimum atomic E-state index is 0.577. The first-order valence-corrected chi connectivity index (χ1v) is 4.96. The second-order valence-electron chi connectivity index (χ2n) is 2.93. The third-order valence-corrected chi connectivity index (χ3v) is 2.10. The van der Waals surface area contributed by atoms with Gasteiger partial charge in [-0.25, -0.2) is 4.68 Å². The minimum absolute atomic E-state index is 0.577. The van der Waals surface area contributed by atoms with Gasteiger partial charge in [0.15, 0.2) is 0 Å². The summed E-state index contributed by atoms with van der Waals surface area (Å²) in [5, 5.41) is 8.02. The van der Waals surface area contributed by atoms with Gasteiger partial charge in [-0.1, -0.05) is 23.4 Å². The van der Waals surface area contributed by atoms with E-state index in [-0.39, 0.29) is 0 Å². The van der Waals surface area contributed by atoms with E-state index < -0.39 is 0 Å². The molecule has 1 aromatic carbocycles. The molecular formula is C10H10ClN3. The highest BCUT2D eigenvalue weighted by atomic mass is 35.5. The fraction of sp³-hybridized carbons (Fsp3) is 0.200. The lowest BCUT2D eigenvalue weighted by Gasteiger charge is -1.96. The molecule has 0 saturated heterocycles. The van der Waals surface area contributed by atoms with Crippen molar-refractivity contribution in [2.75, 3.05) is 5.88 Å². The molecule has 0 saturated carbocycles. The van der Waals surface area contributed by atoms with Gasteiger partial charge in [0.05, 0.1) is 17.6 Å². The lowest BCUT2D eigenvalue weighted by atomic mass is 10.3. The number of hydrogen-bond donors (Lipinski definition) is 0. The van der Waals surface area contributed by atoms with E-state index in [0.717, 1.165) is 17.8 Å². The molecule has 0 N–H and O–H groups in total. The molecule has 0 aliphatic carbocycles. The summed E-state index contributed by atoms with van der Waals surface area (Å²) in [7, 11) is 0. The quantitative estimate of drug-likeness (QED) is 0.722. The van der Waals surface area contributed by atoms with Crippen molar-refractivity contribution in [3.8, 4) is 5.69 Å². The van der Waals surface area contributed by atoms with E-state index in [0.29, 0.717) is 5.88 Å². The standard InChI is InChI=1S/C10H10ClN3/c11-7-6-9-8-14(13-12-9)10-4-2-1-3-5-10/h1-5,8H,6-7H2. The van der Waals surface area contributed by atoms with Crippen molar-refractivity contribution < 1.29 is 0 Å². The van der Waals surface area contributed by atoms with Gasteiger partial charge in [-0.2, -0.15) is 0 Å². The largest absolute Gasteiger partial charge is 0.220 e. The van der Waals surface area contributed by atoms with E-state index in [4.69, 9.17) is 11.6 Å². The van der Waals surface area contributed by atoms with Crippen LogP contribution < -0.4 is 0 Å². The van der Waals surface area contributed by atoms with Crippen LogP contribution in [0.15, 0.2) is 36.5 Å². The van der Waals surface area contributed by atoms with Crippen LogP contribution in [0.25, 0.3) is 5.69 Å². The van der Waals surface area contributed by atoms with Crippen molar-refractivity contribution in [3.63, 3.8) is 0 Å². The number of aromatic nitrogens is 3. The minimum Gasteiger partial charge on any atom is -0.220 e. The number of halogens is 1. The van der Waals surface area contributed by atoms with E-state index in [1.165, 1.54) is 0 Å². The molecule has 72 valence electrons. The van der Waals surface area contributed by atoms with Crippen LogP contribution in [0.1, 0.15) is 5.69 Å². The summed E-state index contributed by atoms with van der Waals surface area (Å²) in [5.41, 5.74) is 1.93. The molecule has 0 spiro atoms. The maximum atomic E-state index is 5.61. The van der Waals surface area contributed by atoms with Crippen LogP contribution in [0.5, 0.6) is 0 Å². The van der Waals surface area contributed by atoms with Crippen LogP contribution in [0.2, 0.25) is 0 Å². The predicted octanol–water partition coefficient (Wildman–Crippen LogP) is 2.05. The maximum Gasteiger partial charge on any atom is 0.0843 e. The van der Waals surface area contributed by atoms with Crippen molar-refractivity contribution in [3.05, 3.63) is 42.2 Å². The first kappa shape index (κ1) is 9.21. The summed E-state index contributed by atoms with van der Waals surface area (Å²) in [6.07, 6.45) is 2.66. The number of aryl methyl sites for hydroxylation is 1. The monoisotopic (exact) mass is 207 g/mol. The number of nitrogens with zero attached hydrogens (tertiary/aromatic N) is 3. The van der Waals surface area contributed by atoms with Crippen LogP contribution >= 0.6 is 11.6 Å². The van der Waals surface area contributed by atoms with Crippen LogP contribution in [0.4, 0.5) is 0 Å². The Balaban J connectivity index is 2.25. The highest BCUT2D eigenvalue weighted by molar-refractivity contribution is 6.17. The average Bonchev–Trinajstić information content (AvgIpc) is 2.68. The summed E-state index contributed by atoms with van der Waals surface area (Å²) in [4.78, 5) is 0. The molecule has 1 heterocycles. The molecule has 0 aliphatic rings. The predicted molar refractivity (Wildman–Crippen MR) is 55.8 cm³/mol. The molecule has 3 nitrogen and oxygen atoms in total. The summed E-state index contributed by atoms with van der Waals surface area (Å²) >= 11 is 5.61. The van der Waals surface area contributed by atoms with Gasteiger partial charge < -0.3 is 0 Å². The molecule has 4 heteroatoms. The lowest BCUT2D eigenvalue weighted by molar-refractivity contribution is 0.798. The maximum absolute atomic E-state index is 5.61. The highest BCUT2D eigenvalue weighted by Crippen LogP contribution is 2.06. The highest BCUT2D eigenvalue weighted by Gasteiger charge is 2.00. The molecule has 0 radical (unpaired) electrons. The van der Waals surface area contributed by atoms with Crippen molar-refractivity contribution in [1.82, 2.24) is 15.0 Å². The number of alkyl halides is 1. The molecule has 0 unspecified atom stereocenters. The Hall–Kier alpha value is -1.35. The fourth-order valence-electron chi connectivity index (χ4n) is 1.22. The Bertz CT molecular complexity index is 397.